The summed E-state index contributed by atoms with van der Waals surface area (Å²) >= 11 is 0. The van der Waals surface area contributed by atoms with Crippen molar-refractivity contribution in [3.8, 4) is 0 Å². The van der Waals surface area contributed by atoms with Gasteiger partial charge in [0.05, 0.1) is 0 Å². The first-order valence-corrected chi connectivity index (χ1v) is 6.34. The van der Waals surface area contributed by atoms with E-state index in [9.17, 15) is 13.6 Å². The highest BCUT2D eigenvalue weighted by Crippen LogP contribution is 2.26. The lowest BCUT2D eigenvalue weighted by atomic mass is 9.87. The van der Waals surface area contributed by atoms with Gasteiger partial charge in [-0.3, -0.25) is 4.79 Å². The van der Waals surface area contributed by atoms with E-state index >= 15 is 0 Å². The summed E-state index contributed by atoms with van der Waals surface area (Å²) in [6.45, 7) is 0. The fourth-order valence-corrected chi connectivity index (χ4v) is 2.57. The van der Waals surface area contributed by atoms with Gasteiger partial charge >= 0.3 is 0 Å². The molecule has 0 aromatic heterocycles. The van der Waals surface area contributed by atoms with Crippen LogP contribution in [0.4, 0.5) is 8.78 Å². The molecule has 4 heteroatoms. The SMILES string of the molecule is NC1CCCCCC1C(=O)c1cc(F)cc(F)c1. The Morgan fingerprint density at radius 3 is 2.33 bits per heavy atom. The van der Waals surface area contributed by atoms with Crippen LogP contribution < -0.4 is 5.73 Å². The van der Waals surface area contributed by atoms with E-state index < -0.39 is 11.6 Å². The van der Waals surface area contributed by atoms with E-state index in [-0.39, 0.29) is 23.3 Å². The largest absolute Gasteiger partial charge is 0.327 e. The van der Waals surface area contributed by atoms with Crippen LogP contribution in [0, 0.1) is 17.6 Å². The number of halogens is 2. The maximum absolute atomic E-state index is 13.1. The Morgan fingerprint density at radius 1 is 1.06 bits per heavy atom. The number of nitrogens with two attached hydrogens (primary N) is 1. The minimum atomic E-state index is -0.722. The van der Waals surface area contributed by atoms with Crippen molar-refractivity contribution < 1.29 is 13.6 Å². The number of Topliss-reactive ketones (excluding diaryl/α,β-unsaturated/α-hetero) is 1. The Morgan fingerprint density at radius 2 is 1.67 bits per heavy atom. The van der Waals surface area contributed by atoms with Gasteiger partial charge < -0.3 is 5.73 Å². The number of ketones is 1. The molecule has 0 spiro atoms. The summed E-state index contributed by atoms with van der Waals surface area (Å²) in [5.41, 5.74) is 6.08. The molecule has 1 aromatic rings. The predicted octanol–water partition coefficient (Wildman–Crippen LogP) is 3.06. The summed E-state index contributed by atoms with van der Waals surface area (Å²) in [4.78, 5) is 12.3. The van der Waals surface area contributed by atoms with Gasteiger partial charge in [0.1, 0.15) is 11.6 Å². The molecule has 0 radical (unpaired) electrons. The van der Waals surface area contributed by atoms with Crippen molar-refractivity contribution in [2.45, 2.75) is 38.1 Å². The quantitative estimate of drug-likeness (QED) is 0.650. The van der Waals surface area contributed by atoms with Gasteiger partial charge in [-0.25, -0.2) is 8.78 Å². The van der Waals surface area contributed by atoms with E-state index in [4.69, 9.17) is 5.73 Å². The third kappa shape index (κ3) is 2.93. The zero-order valence-electron chi connectivity index (χ0n) is 10.2. The molecule has 2 nitrogen and oxygen atoms in total. The zero-order chi connectivity index (χ0) is 13.1. The Labute approximate surface area is 105 Å². The molecule has 0 heterocycles. The Kier molecular flexibility index (Phi) is 4.07. The van der Waals surface area contributed by atoms with Crippen LogP contribution >= 0.6 is 0 Å². The van der Waals surface area contributed by atoms with Gasteiger partial charge in [-0.1, -0.05) is 19.3 Å². The summed E-state index contributed by atoms with van der Waals surface area (Å²) in [5, 5.41) is 0. The van der Waals surface area contributed by atoms with E-state index in [1.165, 1.54) is 0 Å². The molecule has 1 aliphatic carbocycles. The van der Waals surface area contributed by atoms with E-state index in [0.717, 1.165) is 43.9 Å². The lowest BCUT2D eigenvalue weighted by Crippen LogP contribution is -2.34. The van der Waals surface area contributed by atoms with Crippen LogP contribution in [0.5, 0.6) is 0 Å². The molecule has 0 bridgehead atoms. The summed E-state index contributed by atoms with van der Waals surface area (Å²) < 4.78 is 26.2. The molecule has 1 aromatic carbocycles. The monoisotopic (exact) mass is 253 g/mol. The van der Waals surface area contributed by atoms with Crippen molar-refractivity contribution in [1.29, 1.82) is 0 Å². The van der Waals surface area contributed by atoms with Gasteiger partial charge in [0.25, 0.3) is 0 Å². The van der Waals surface area contributed by atoms with E-state index in [0.29, 0.717) is 6.42 Å². The van der Waals surface area contributed by atoms with Crippen LogP contribution in [0.3, 0.4) is 0 Å². The van der Waals surface area contributed by atoms with Crippen LogP contribution in [-0.4, -0.2) is 11.8 Å². The van der Waals surface area contributed by atoms with Crippen molar-refractivity contribution in [1.82, 2.24) is 0 Å². The number of rotatable bonds is 2. The van der Waals surface area contributed by atoms with Gasteiger partial charge in [-0.05, 0) is 25.0 Å². The second kappa shape index (κ2) is 5.57. The molecule has 2 unspecified atom stereocenters. The van der Waals surface area contributed by atoms with E-state index in [1.807, 2.05) is 0 Å². The maximum atomic E-state index is 13.1. The van der Waals surface area contributed by atoms with Crippen LogP contribution in [0.15, 0.2) is 18.2 Å². The molecule has 0 amide bonds. The molecule has 2 N–H and O–H groups in total. The first-order valence-electron chi connectivity index (χ1n) is 6.34. The standard InChI is InChI=1S/C14H17F2NO/c15-10-6-9(7-11(16)8-10)14(18)12-4-2-1-3-5-13(12)17/h6-8,12-13H,1-5,17H2. The summed E-state index contributed by atoms with van der Waals surface area (Å²) in [6.07, 6.45) is 4.53. The molecule has 98 valence electrons. The second-order valence-corrected chi connectivity index (χ2v) is 4.93. The summed E-state index contributed by atoms with van der Waals surface area (Å²) in [7, 11) is 0. The normalized spacial score (nSPS) is 24.6. The number of hydrogen-bond acceptors (Lipinski definition) is 2. The lowest BCUT2D eigenvalue weighted by molar-refractivity contribution is 0.0894. The molecule has 2 rings (SSSR count). The highest BCUT2D eigenvalue weighted by molar-refractivity contribution is 5.98. The van der Waals surface area contributed by atoms with Crippen molar-refractivity contribution in [3.05, 3.63) is 35.4 Å². The molecule has 1 saturated carbocycles. The van der Waals surface area contributed by atoms with Crippen molar-refractivity contribution in [2.24, 2.45) is 11.7 Å². The average Bonchev–Trinajstić information content (AvgIpc) is 2.51. The molecule has 18 heavy (non-hydrogen) atoms. The third-order valence-corrected chi connectivity index (χ3v) is 3.55. The molecular weight excluding hydrogens is 236 g/mol. The van der Waals surface area contributed by atoms with Crippen LogP contribution in [0.25, 0.3) is 0 Å². The first kappa shape index (κ1) is 13.1. The molecular formula is C14H17F2NO. The van der Waals surface area contributed by atoms with Gasteiger partial charge in [-0.15, -0.1) is 0 Å². The fourth-order valence-electron chi connectivity index (χ4n) is 2.57. The second-order valence-electron chi connectivity index (χ2n) is 4.93. The topological polar surface area (TPSA) is 43.1 Å². The molecule has 1 fully saturated rings. The number of hydrogen-bond donors (Lipinski definition) is 1. The van der Waals surface area contributed by atoms with Crippen molar-refractivity contribution in [3.63, 3.8) is 0 Å². The third-order valence-electron chi connectivity index (χ3n) is 3.55. The first-order chi connectivity index (χ1) is 8.58. The Balaban J connectivity index is 2.23. The van der Waals surface area contributed by atoms with Crippen LogP contribution in [-0.2, 0) is 0 Å². The minimum Gasteiger partial charge on any atom is -0.327 e. The van der Waals surface area contributed by atoms with Crippen molar-refractivity contribution in [2.75, 3.05) is 0 Å². The number of benzene rings is 1. The smallest absolute Gasteiger partial charge is 0.167 e. The van der Waals surface area contributed by atoms with Gasteiger partial charge in [0, 0.05) is 23.6 Å². The predicted molar refractivity (Wildman–Crippen MR) is 65.2 cm³/mol. The lowest BCUT2D eigenvalue weighted by Gasteiger charge is -2.20. The summed E-state index contributed by atoms with van der Waals surface area (Å²) in [5.74, 6) is -1.99. The van der Waals surface area contributed by atoms with Gasteiger partial charge in [0.15, 0.2) is 5.78 Å². The van der Waals surface area contributed by atoms with E-state index in [1.54, 1.807) is 0 Å². The highest BCUT2D eigenvalue weighted by atomic mass is 19.1. The van der Waals surface area contributed by atoms with Gasteiger partial charge in [-0.2, -0.15) is 0 Å². The maximum Gasteiger partial charge on any atom is 0.167 e. The minimum absolute atomic E-state index is 0.0925. The summed E-state index contributed by atoms with van der Waals surface area (Å²) in [6, 6.07) is 2.74. The van der Waals surface area contributed by atoms with Crippen LogP contribution in [0.2, 0.25) is 0 Å². The fraction of sp³-hybridized carbons (Fsp3) is 0.500. The highest BCUT2D eigenvalue weighted by Gasteiger charge is 2.28. The number of carbonyl (C=O) groups excluding carboxylic acids is 1. The average molecular weight is 253 g/mol. The zero-order valence-corrected chi connectivity index (χ0v) is 10.2. The molecule has 2 atom stereocenters. The van der Waals surface area contributed by atoms with E-state index in [2.05, 4.69) is 0 Å². The van der Waals surface area contributed by atoms with Crippen molar-refractivity contribution >= 4 is 5.78 Å². The molecule has 0 aliphatic heterocycles. The van der Waals surface area contributed by atoms with Gasteiger partial charge in [0.2, 0.25) is 0 Å². The number of carbonyl (C=O) groups is 1. The Bertz CT molecular complexity index is 427. The molecule has 1 aliphatic rings. The molecule has 0 saturated heterocycles. The van der Waals surface area contributed by atoms with Crippen LogP contribution in [0.1, 0.15) is 42.5 Å². The Hall–Kier alpha value is -1.29.